The first-order valence-electron chi connectivity index (χ1n) is 25.4. The van der Waals surface area contributed by atoms with Gasteiger partial charge in [-0.3, -0.25) is 47.4 Å². The molecule has 1 saturated heterocycles. The summed E-state index contributed by atoms with van der Waals surface area (Å²) in [6.45, 7) is 11.6. The lowest BCUT2D eigenvalue weighted by atomic mass is 10.0. The standard InChI is InChI=1S/C55H64N7O19P/c1-7-26-73-52(68)36(5)56-51(67)43(33-77-82(72,76-28-9-3)78-34-45-44(79-37(6)63)31-47(81-45)62-25-24-46(60-53(62)69)61-55(71)74-27-8-2)59-50(66)42(29-38-16-12-10-13-17-38)58-49(65)35(4)57-54(70)75-32-40-20-22-41(23-21-40)80-48(64)30-39-18-14-11-15-19-39/h7-25,35-36,42-45,47H,1-3,26-34H2,4-6H3,(H,56,67)(H,57,70)(H,58,65)(H,59,66)(H,60,61,69,71)/t35-,36-,42-,43?,44-,45+,47+,82?/m0/s1. The number of alkyl carbamates (subject to hydrolysis) is 1. The lowest BCUT2D eigenvalue weighted by Crippen LogP contribution is -2.58. The molecule has 1 fully saturated rings. The molecule has 0 spiro atoms. The quantitative estimate of drug-likeness (QED) is 0.0153. The number of esters is 3. The van der Waals surface area contributed by atoms with E-state index in [0.717, 1.165) is 17.1 Å². The van der Waals surface area contributed by atoms with Crippen molar-refractivity contribution in [3.63, 3.8) is 0 Å². The summed E-state index contributed by atoms with van der Waals surface area (Å²) < 4.78 is 64.3. The lowest BCUT2D eigenvalue weighted by Gasteiger charge is -2.27. The van der Waals surface area contributed by atoms with Gasteiger partial charge in [-0.1, -0.05) is 104 Å². The Hall–Kier alpha value is -8.81. The summed E-state index contributed by atoms with van der Waals surface area (Å²) in [6, 6.07) is 19.0. The van der Waals surface area contributed by atoms with E-state index >= 15 is 0 Å². The molecule has 82 heavy (non-hydrogen) atoms. The molecule has 1 aliphatic heterocycles. The molecule has 0 radical (unpaired) electrons. The molecule has 0 bridgehead atoms. The predicted molar refractivity (Wildman–Crippen MR) is 291 cm³/mol. The average Bonchev–Trinajstić information content (AvgIpc) is 4.12. The van der Waals surface area contributed by atoms with Gasteiger partial charge in [0.1, 0.15) is 74.0 Å². The van der Waals surface area contributed by atoms with E-state index in [1.54, 1.807) is 54.6 Å². The maximum atomic E-state index is 14.4. The van der Waals surface area contributed by atoms with Crippen LogP contribution in [0.3, 0.4) is 0 Å². The number of nitrogens with zero attached hydrogens (tertiary/aromatic N) is 2. The summed E-state index contributed by atoms with van der Waals surface area (Å²) >= 11 is 0. The van der Waals surface area contributed by atoms with Crippen molar-refractivity contribution in [1.82, 2.24) is 30.8 Å². The topological polar surface area (TPSA) is 332 Å². The van der Waals surface area contributed by atoms with Crippen LogP contribution in [0.25, 0.3) is 0 Å². The second kappa shape index (κ2) is 32.4. The molecule has 4 aromatic rings. The van der Waals surface area contributed by atoms with Gasteiger partial charge in [0.15, 0.2) is 0 Å². The van der Waals surface area contributed by atoms with E-state index in [1.807, 2.05) is 18.2 Å². The number of phosphoric acid groups is 1. The molecular formula is C55H64N7O19P. The molecule has 0 saturated carbocycles. The highest BCUT2D eigenvalue weighted by Crippen LogP contribution is 2.50. The van der Waals surface area contributed by atoms with Crippen molar-refractivity contribution >= 4 is 61.5 Å². The fourth-order valence-corrected chi connectivity index (χ4v) is 8.56. The van der Waals surface area contributed by atoms with Crippen molar-refractivity contribution < 1.29 is 84.9 Å². The number of aromatic nitrogens is 2. The van der Waals surface area contributed by atoms with Gasteiger partial charge in [0.2, 0.25) is 17.7 Å². The second-order valence-corrected chi connectivity index (χ2v) is 19.5. The van der Waals surface area contributed by atoms with Crippen LogP contribution in [0.15, 0.2) is 140 Å². The number of benzene rings is 3. The van der Waals surface area contributed by atoms with Crippen LogP contribution in [0.5, 0.6) is 5.75 Å². The zero-order chi connectivity index (χ0) is 59.6. The number of carbonyl (C=O) groups excluding carboxylic acids is 8. The Morgan fingerprint density at radius 2 is 1.34 bits per heavy atom. The first-order valence-corrected chi connectivity index (χ1v) is 26.8. The summed E-state index contributed by atoms with van der Waals surface area (Å²) in [7, 11) is -4.86. The number of ether oxygens (including phenoxy) is 6. The fourth-order valence-electron chi connectivity index (χ4n) is 7.39. The number of carbonyl (C=O) groups is 8. The Morgan fingerprint density at radius 1 is 0.707 bits per heavy atom. The molecule has 3 aromatic carbocycles. The molecule has 27 heteroatoms. The number of hydrogen-bond acceptors (Lipinski definition) is 20. The number of rotatable bonds is 31. The molecule has 1 aliphatic rings. The third-order valence-electron chi connectivity index (χ3n) is 11.4. The monoisotopic (exact) mass is 1160 g/mol. The third-order valence-corrected chi connectivity index (χ3v) is 12.8. The molecule has 2 heterocycles. The Morgan fingerprint density at radius 3 is 1.99 bits per heavy atom. The van der Waals surface area contributed by atoms with Gasteiger partial charge in [-0.05, 0) is 48.7 Å². The van der Waals surface area contributed by atoms with Gasteiger partial charge < -0.3 is 49.7 Å². The van der Waals surface area contributed by atoms with Crippen molar-refractivity contribution in [3.8, 4) is 5.75 Å². The molecule has 1 aromatic heterocycles. The third kappa shape index (κ3) is 21.3. The van der Waals surface area contributed by atoms with Crippen LogP contribution in [0.1, 0.15) is 50.1 Å². The van der Waals surface area contributed by atoms with Gasteiger partial charge >= 0.3 is 43.6 Å². The second-order valence-electron chi connectivity index (χ2n) is 17.8. The lowest BCUT2D eigenvalue weighted by molar-refractivity contribution is -0.150. The van der Waals surface area contributed by atoms with E-state index < -0.39 is 124 Å². The van der Waals surface area contributed by atoms with Crippen molar-refractivity contribution in [3.05, 3.63) is 162 Å². The normalized spacial score (nSPS) is 16.6. The van der Waals surface area contributed by atoms with E-state index in [1.165, 1.54) is 56.5 Å². The number of amides is 5. The van der Waals surface area contributed by atoms with Gasteiger partial charge in [-0.2, -0.15) is 4.98 Å². The van der Waals surface area contributed by atoms with Gasteiger partial charge in [0.05, 0.1) is 26.2 Å². The highest BCUT2D eigenvalue weighted by molar-refractivity contribution is 7.48. The Bertz CT molecular complexity index is 2980. The highest BCUT2D eigenvalue weighted by atomic mass is 31.2. The van der Waals surface area contributed by atoms with Crippen LogP contribution in [0, 0.1) is 0 Å². The first kappa shape index (κ1) is 64.0. The van der Waals surface area contributed by atoms with E-state index in [2.05, 4.69) is 51.3 Å². The number of phosphoric ester groups is 1. The van der Waals surface area contributed by atoms with Crippen molar-refractivity contribution in [2.24, 2.45) is 0 Å². The van der Waals surface area contributed by atoms with Crippen LogP contribution >= 0.6 is 7.82 Å². The summed E-state index contributed by atoms with van der Waals surface area (Å²) in [6.07, 6.45) is -0.564. The maximum Gasteiger partial charge on any atom is 0.475 e. The Labute approximate surface area is 471 Å². The number of anilines is 1. The zero-order valence-electron chi connectivity index (χ0n) is 45.1. The van der Waals surface area contributed by atoms with Crippen molar-refractivity contribution in [2.45, 2.75) is 89.2 Å². The average molecular weight is 1160 g/mol. The van der Waals surface area contributed by atoms with Gasteiger partial charge in [0, 0.05) is 26.0 Å². The number of hydrogen-bond donors (Lipinski definition) is 5. The molecule has 0 aliphatic carbocycles. The molecule has 438 valence electrons. The van der Waals surface area contributed by atoms with Crippen molar-refractivity contribution in [1.29, 1.82) is 0 Å². The molecule has 2 unspecified atom stereocenters. The highest BCUT2D eigenvalue weighted by Gasteiger charge is 2.42. The molecule has 5 amide bonds. The largest absolute Gasteiger partial charge is 0.475 e. The van der Waals surface area contributed by atoms with E-state index in [9.17, 15) is 47.7 Å². The van der Waals surface area contributed by atoms with Gasteiger partial charge in [0.25, 0.3) is 0 Å². The van der Waals surface area contributed by atoms with Crippen molar-refractivity contribution in [2.75, 3.05) is 38.4 Å². The van der Waals surface area contributed by atoms with E-state index in [4.69, 9.17) is 42.0 Å². The van der Waals surface area contributed by atoms with Crippen LogP contribution in [-0.4, -0.2) is 127 Å². The van der Waals surface area contributed by atoms with Gasteiger partial charge in [-0.15, -0.1) is 6.58 Å². The SMILES string of the molecule is C=CCOC(=O)Nc1ccn([C@H]2C[C@H](OC(C)=O)[C@@H](COP(=O)(OCC=C)OCC(NC(=O)[C@H](Cc3ccccc3)NC(=O)[C@H](C)NC(=O)OCc3ccc(OC(=O)Cc4ccccc4)cc3)C(=O)N[C@@H](C)C(=O)OCC=C)O2)c(=O)n1. The minimum atomic E-state index is -4.86. The van der Waals surface area contributed by atoms with Gasteiger partial charge in [-0.25, -0.2) is 23.7 Å². The van der Waals surface area contributed by atoms with Crippen LogP contribution < -0.4 is 37.0 Å². The fraction of sp³-hybridized carbons (Fsp3) is 0.345. The van der Waals surface area contributed by atoms with E-state index in [0.29, 0.717) is 11.1 Å². The minimum absolute atomic E-state index is 0.0678. The summed E-state index contributed by atoms with van der Waals surface area (Å²) in [5, 5.41) is 12.2. The molecule has 8 atom stereocenters. The summed E-state index contributed by atoms with van der Waals surface area (Å²) in [5.74, 6) is -4.90. The maximum absolute atomic E-state index is 14.4. The summed E-state index contributed by atoms with van der Waals surface area (Å²) in [4.78, 5) is 121. The van der Waals surface area contributed by atoms with Crippen LogP contribution in [0.4, 0.5) is 15.4 Å². The predicted octanol–water partition coefficient (Wildman–Crippen LogP) is 4.45. The molecule has 5 N–H and O–H groups in total. The first-order chi connectivity index (χ1) is 39.3. The zero-order valence-corrected chi connectivity index (χ0v) is 46.0. The van der Waals surface area contributed by atoms with Crippen LogP contribution in [0.2, 0.25) is 0 Å². The number of nitrogens with one attached hydrogen (secondary N) is 5. The minimum Gasteiger partial charge on any atom is -0.460 e. The Kier molecular flexibility index (Phi) is 25.3. The molecule has 26 nitrogen and oxygen atoms in total. The Balaban J connectivity index is 1.28. The summed E-state index contributed by atoms with van der Waals surface area (Å²) in [5.41, 5.74) is 0.970. The molecule has 5 rings (SSSR count). The molecular weight excluding hydrogens is 1090 g/mol. The smallest absolute Gasteiger partial charge is 0.460 e. The van der Waals surface area contributed by atoms with E-state index in [-0.39, 0.29) is 50.7 Å². The van der Waals surface area contributed by atoms with Crippen LogP contribution in [-0.2, 0) is 90.0 Å².